The van der Waals surface area contributed by atoms with Crippen LogP contribution in [0.3, 0.4) is 0 Å². The Hall–Kier alpha value is -5.39. The van der Waals surface area contributed by atoms with E-state index < -0.39 is 82.4 Å². The van der Waals surface area contributed by atoms with Crippen LogP contribution >= 0.6 is 23.5 Å². The molecule has 3 aromatic carbocycles. The van der Waals surface area contributed by atoms with Gasteiger partial charge >= 0.3 is 12.1 Å². The lowest BCUT2D eigenvalue weighted by atomic mass is 10.0. The van der Waals surface area contributed by atoms with E-state index in [1.807, 2.05) is 68.4 Å². The molecule has 0 aliphatic carbocycles. The van der Waals surface area contributed by atoms with Gasteiger partial charge < -0.3 is 40.7 Å². The van der Waals surface area contributed by atoms with Crippen LogP contribution in [0.2, 0.25) is 0 Å². The van der Waals surface area contributed by atoms with Gasteiger partial charge in [0.1, 0.15) is 12.1 Å². The molecule has 5 unspecified atom stereocenters. The zero-order valence-corrected chi connectivity index (χ0v) is 37.6. The van der Waals surface area contributed by atoms with Crippen LogP contribution in [-0.4, -0.2) is 111 Å². The van der Waals surface area contributed by atoms with Crippen LogP contribution in [0.15, 0.2) is 84.9 Å². The molecule has 15 nitrogen and oxygen atoms in total. The Morgan fingerprint density at radius 1 is 0.857 bits per heavy atom. The lowest BCUT2D eigenvalue weighted by Crippen LogP contribution is -2.59. The minimum atomic E-state index is -1.38. The number of carboxylic acids is 1. The summed E-state index contributed by atoms with van der Waals surface area (Å²) < 4.78 is 11.3. The summed E-state index contributed by atoms with van der Waals surface area (Å²) >= 11 is 3.32. The molecule has 17 heteroatoms. The molecule has 2 aliphatic heterocycles. The maximum absolute atomic E-state index is 14.9. The Balaban J connectivity index is 1.33. The maximum atomic E-state index is 14.9. The highest BCUT2D eigenvalue weighted by Gasteiger charge is 2.52. The van der Waals surface area contributed by atoms with Crippen molar-refractivity contribution in [1.29, 1.82) is 0 Å². The highest BCUT2D eigenvalue weighted by atomic mass is 32.2. The number of Topliss-reactive ketones (excluding diaryl/α,β-unsaturated/α-hetero) is 1. The Morgan fingerprint density at radius 3 is 2.16 bits per heavy atom. The normalized spacial score (nSPS) is 17.5. The number of aliphatic carboxylic acids is 1. The number of hydrogen-bond acceptors (Lipinski definition) is 11. The predicted molar refractivity (Wildman–Crippen MR) is 241 cm³/mol. The van der Waals surface area contributed by atoms with Gasteiger partial charge in [0, 0.05) is 13.0 Å². The van der Waals surface area contributed by atoms with Crippen molar-refractivity contribution < 1.29 is 48.1 Å². The fraction of sp³-hybridized carbons (Fsp3) is 0.457. The van der Waals surface area contributed by atoms with Crippen molar-refractivity contribution in [2.24, 2.45) is 5.92 Å². The number of ketones is 1. The van der Waals surface area contributed by atoms with E-state index in [4.69, 9.17) is 9.47 Å². The number of benzene rings is 3. The molecule has 5 amide bonds. The molecule has 5 rings (SSSR count). The van der Waals surface area contributed by atoms with E-state index in [0.29, 0.717) is 12.0 Å². The second-order valence-electron chi connectivity index (χ2n) is 15.9. The van der Waals surface area contributed by atoms with E-state index in [0.717, 1.165) is 34.6 Å². The largest absolute Gasteiger partial charge is 0.479 e. The van der Waals surface area contributed by atoms with Gasteiger partial charge in [0.15, 0.2) is 6.04 Å². The molecule has 338 valence electrons. The summed E-state index contributed by atoms with van der Waals surface area (Å²) in [6, 6.07) is 20.5. The van der Waals surface area contributed by atoms with E-state index in [1.54, 1.807) is 55.6 Å². The number of thioether (sulfide) groups is 2. The minimum Gasteiger partial charge on any atom is -0.479 e. The van der Waals surface area contributed by atoms with Gasteiger partial charge in [0.2, 0.25) is 23.5 Å². The monoisotopic (exact) mass is 903 g/mol. The molecule has 5 N–H and O–H groups in total. The summed E-state index contributed by atoms with van der Waals surface area (Å²) in [5, 5.41) is 19.7. The fourth-order valence-corrected chi connectivity index (χ4v) is 10.7. The first-order chi connectivity index (χ1) is 30.2. The van der Waals surface area contributed by atoms with Crippen molar-refractivity contribution in [3.8, 4) is 11.1 Å². The average Bonchev–Trinajstić information content (AvgIpc) is 3.66. The van der Waals surface area contributed by atoms with Crippen molar-refractivity contribution in [1.82, 2.24) is 26.2 Å². The molecular weight excluding hydrogens is 847 g/mol. The molecule has 2 heterocycles. The molecule has 2 fully saturated rings. The van der Waals surface area contributed by atoms with E-state index in [2.05, 4.69) is 21.3 Å². The number of ether oxygens (including phenoxy) is 2. The third-order valence-corrected chi connectivity index (χ3v) is 13.9. The molecule has 63 heavy (non-hydrogen) atoms. The number of carbonyl (C=O) groups excluding carboxylic acids is 6. The van der Waals surface area contributed by atoms with Gasteiger partial charge in [-0.25, -0.2) is 9.59 Å². The van der Waals surface area contributed by atoms with Crippen molar-refractivity contribution in [2.75, 3.05) is 31.2 Å². The van der Waals surface area contributed by atoms with Crippen molar-refractivity contribution in [3.63, 3.8) is 0 Å². The molecular formula is C46H57N5O10S2. The van der Waals surface area contributed by atoms with Crippen LogP contribution in [0.5, 0.6) is 0 Å². The first-order valence-corrected chi connectivity index (χ1v) is 23.1. The molecule has 1 spiro atoms. The summed E-state index contributed by atoms with van der Waals surface area (Å²) in [6.45, 7) is 6.93. The molecule has 0 radical (unpaired) electrons. The van der Waals surface area contributed by atoms with E-state index in [-0.39, 0.29) is 38.5 Å². The predicted octanol–water partition coefficient (Wildman–Crippen LogP) is 5.09. The number of hydrogen-bond donors (Lipinski definition) is 5. The molecule has 0 aromatic heterocycles. The first kappa shape index (κ1) is 48.6. The molecule has 0 saturated carbocycles. The Labute approximate surface area is 376 Å². The lowest BCUT2D eigenvalue weighted by Gasteiger charge is -2.33. The summed E-state index contributed by atoms with van der Waals surface area (Å²) in [4.78, 5) is 95.3. The number of alkyl carbamates (subject to hydrolysis) is 1. The molecule has 2 saturated heterocycles. The Bertz CT molecular complexity index is 2070. The first-order valence-electron chi connectivity index (χ1n) is 21.2. The molecule has 2 aliphatic rings. The van der Waals surface area contributed by atoms with Gasteiger partial charge in [-0.15, -0.1) is 23.5 Å². The number of carboxylic acid groups (broad SMARTS) is 1. The van der Waals surface area contributed by atoms with Crippen LogP contribution in [0.4, 0.5) is 4.79 Å². The third kappa shape index (κ3) is 13.6. The number of rotatable bonds is 20. The SMILES string of the molecule is CCCC(NC(=O)C1CC2(CN1C(=O)C(NC(=O)OCC(C)C)C(C)OCc1ccccc1-c1ccccc1)SCCCS2)C(=O)C(=O)NCC(=O)NC(C(=O)O)c1ccccc1. The lowest BCUT2D eigenvalue weighted by molar-refractivity contribution is -0.145. The van der Waals surface area contributed by atoms with Gasteiger partial charge in [-0.1, -0.05) is 112 Å². The highest BCUT2D eigenvalue weighted by molar-refractivity contribution is 8.18. The molecule has 0 bridgehead atoms. The highest BCUT2D eigenvalue weighted by Crippen LogP contribution is 2.50. The zero-order valence-electron chi connectivity index (χ0n) is 36.0. The van der Waals surface area contributed by atoms with Gasteiger partial charge in [0.25, 0.3) is 5.91 Å². The van der Waals surface area contributed by atoms with E-state index in [9.17, 15) is 38.7 Å². The summed E-state index contributed by atoms with van der Waals surface area (Å²) in [6.07, 6.45) is -0.0332. The van der Waals surface area contributed by atoms with Gasteiger partial charge in [-0.3, -0.25) is 24.0 Å². The zero-order chi connectivity index (χ0) is 45.5. The number of nitrogens with zero attached hydrogens (tertiary/aromatic N) is 1. The number of likely N-dealkylation sites (tertiary alicyclic amines) is 1. The maximum Gasteiger partial charge on any atom is 0.407 e. The van der Waals surface area contributed by atoms with Crippen molar-refractivity contribution in [2.45, 2.75) is 94.3 Å². The summed E-state index contributed by atoms with van der Waals surface area (Å²) in [5.41, 5.74) is 3.12. The standard InChI is InChI=1S/C46H57N5O10S2/c1-5-15-35(40(53)42(55)47-25-37(52)49-39(44(57)58)32-18-10-7-11-19-32)48-41(54)36-24-46(62-22-14-23-63-46)28-51(36)43(56)38(50-45(59)61-26-29(2)3)30(4)60-27-33-20-12-13-21-34(33)31-16-8-6-9-17-31/h6-13,16-21,29-30,35-36,38-39H,5,14-15,22-28H2,1-4H3,(H,47,55)(H,48,54)(H,49,52)(H,50,59)(H,57,58). The quantitative estimate of drug-likeness (QED) is 0.0940. The fourth-order valence-electron chi connectivity index (χ4n) is 7.34. The van der Waals surface area contributed by atoms with Gasteiger partial charge in [-0.05, 0) is 59.4 Å². The van der Waals surface area contributed by atoms with Crippen LogP contribution in [0.1, 0.15) is 70.5 Å². The summed E-state index contributed by atoms with van der Waals surface area (Å²) in [5.74, 6) is -3.86. The van der Waals surface area contributed by atoms with Crippen molar-refractivity contribution in [3.05, 3.63) is 96.1 Å². The van der Waals surface area contributed by atoms with Gasteiger partial charge in [0.05, 0.1) is 36.0 Å². The van der Waals surface area contributed by atoms with Gasteiger partial charge in [-0.2, -0.15) is 0 Å². The summed E-state index contributed by atoms with van der Waals surface area (Å²) in [7, 11) is 0. The van der Waals surface area contributed by atoms with E-state index >= 15 is 0 Å². The topological polar surface area (TPSA) is 210 Å². The number of carbonyl (C=O) groups is 7. The molecule has 3 aromatic rings. The van der Waals surface area contributed by atoms with Crippen molar-refractivity contribution >= 4 is 65.0 Å². The second-order valence-corrected chi connectivity index (χ2v) is 19.2. The van der Waals surface area contributed by atoms with Crippen LogP contribution in [0, 0.1) is 5.92 Å². The smallest absolute Gasteiger partial charge is 0.407 e. The second kappa shape index (κ2) is 23.3. The molecule has 5 atom stereocenters. The van der Waals surface area contributed by atoms with E-state index in [1.165, 1.54) is 17.0 Å². The van der Waals surface area contributed by atoms with Crippen LogP contribution in [-0.2, 0) is 44.8 Å². The van der Waals surface area contributed by atoms with Crippen LogP contribution < -0.4 is 21.3 Å². The van der Waals surface area contributed by atoms with Crippen LogP contribution in [0.25, 0.3) is 11.1 Å². The number of nitrogens with one attached hydrogen (secondary N) is 4. The minimum absolute atomic E-state index is 0.0295. The number of amides is 5. The average molecular weight is 904 g/mol. The Kier molecular flexibility index (Phi) is 18.0. The third-order valence-electron chi connectivity index (χ3n) is 10.6. The Morgan fingerprint density at radius 2 is 1.51 bits per heavy atom.